The van der Waals surface area contributed by atoms with E-state index in [1.165, 1.54) is 0 Å². The molecule has 8 valence electrons. The van der Waals surface area contributed by atoms with E-state index in [2.05, 4.69) is 0 Å². The Kier molecular flexibility index (Phi) is 261. The van der Waals surface area contributed by atoms with Gasteiger partial charge in [-0.3, -0.25) is 0 Å². The van der Waals surface area contributed by atoms with Crippen LogP contribution >= 0.6 is 0 Å². The zero-order valence-corrected chi connectivity index (χ0v) is 8.26. The van der Waals surface area contributed by atoms with Gasteiger partial charge in [0.05, 0.1) is 0 Å². The molecule has 0 fully saturated rings. The molecule has 5 heavy (non-hydrogen) atoms. The van der Waals surface area contributed by atoms with Crippen LogP contribution in [0.3, 0.4) is 0 Å². The first kappa shape index (κ1) is 45.3. The normalized spacial score (nSPS) is 0. The topological polar surface area (TPSA) is 28.5 Å². The van der Waals surface area contributed by atoms with Gasteiger partial charge in [-0.2, -0.15) is 0 Å². The van der Waals surface area contributed by atoms with Crippen LogP contribution in [0.25, 0.3) is 0 Å². The van der Waals surface area contributed by atoms with Gasteiger partial charge in [-0.25, -0.2) is 0 Å². The maximum atomic E-state index is 0. The third kappa shape index (κ3) is 19.8. The Labute approximate surface area is 92.7 Å². The molecule has 0 N–H and O–H groups in total. The van der Waals surface area contributed by atoms with Crippen LogP contribution in [0.2, 0.25) is 0 Å². The van der Waals surface area contributed by atoms with E-state index in [4.69, 9.17) is 0 Å². The van der Waals surface area contributed by atoms with Gasteiger partial charge in [-0.05, 0) is 0 Å². The van der Waals surface area contributed by atoms with Crippen LogP contribution in [0.1, 0.15) is 0 Å². The Morgan fingerprint density at radius 3 is 1.00 bits per heavy atom. The Balaban J connectivity index is 0. The van der Waals surface area contributed by atoms with E-state index in [1.807, 2.05) is 0 Å². The fourth-order valence-electron chi connectivity index (χ4n) is 0. The van der Waals surface area contributed by atoms with Gasteiger partial charge in [-0.1, -0.05) is 0 Å². The molecule has 5 heteroatoms. The van der Waals surface area contributed by atoms with Gasteiger partial charge in [0.15, 0.2) is 0 Å². The van der Waals surface area contributed by atoms with E-state index in [0.717, 1.165) is 0 Å². The average Bonchev–Trinajstić information content (AvgIpc) is 0. The van der Waals surface area contributed by atoms with E-state index in [-0.39, 0.29) is 94.3 Å². The summed E-state index contributed by atoms with van der Waals surface area (Å²) in [5, 5.41) is 0. The van der Waals surface area contributed by atoms with Crippen molar-refractivity contribution in [1.82, 2.24) is 0 Å². The molecule has 0 aromatic rings. The zero-order valence-electron chi connectivity index (χ0n) is 3.69. The maximum absolute atomic E-state index is 0. The molecule has 0 atom stereocenters. The van der Waals surface area contributed by atoms with E-state index < -0.39 is 0 Å². The Hall–Kier alpha value is 2.86. The summed E-state index contributed by atoms with van der Waals surface area (Å²) in [7, 11) is 0. The van der Waals surface area contributed by atoms with Gasteiger partial charge < -0.3 is 5.48 Å². The van der Waals surface area contributed by atoms with Crippen LogP contribution in [0.4, 0.5) is 0 Å². The SMILES string of the molecule is [Al+3].[Li+].[Mg+2].[Na+].[O-2]. The van der Waals surface area contributed by atoms with Crippen LogP contribution in [-0.4, -0.2) is 40.4 Å². The van der Waals surface area contributed by atoms with Gasteiger partial charge in [0.1, 0.15) is 0 Å². The molecule has 0 amide bonds. The molecule has 0 rings (SSSR count). The summed E-state index contributed by atoms with van der Waals surface area (Å²) in [5.41, 5.74) is 0. The zero-order chi connectivity index (χ0) is 0. The fourth-order valence-corrected chi connectivity index (χ4v) is 0. The first-order chi connectivity index (χ1) is 0. The van der Waals surface area contributed by atoms with Gasteiger partial charge in [0.2, 0.25) is 0 Å². The van der Waals surface area contributed by atoms with E-state index in [0.29, 0.717) is 0 Å². The van der Waals surface area contributed by atoms with Crippen molar-refractivity contribution in [1.29, 1.82) is 0 Å². The van der Waals surface area contributed by atoms with Crippen LogP contribution < -0.4 is 48.4 Å². The molecule has 0 radical (unpaired) electrons. The quantitative estimate of drug-likeness (QED) is 0.269. The average molecular weight is 97.2 g/mol. The van der Waals surface area contributed by atoms with Crippen LogP contribution in [0.5, 0.6) is 0 Å². The molecule has 0 aromatic carbocycles. The minimum Gasteiger partial charge on any atom is -2.00 e. The summed E-state index contributed by atoms with van der Waals surface area (Å²) < 4.78 is 0. The molecule has 0 spiro atoms. The second-order valence-electron chi connectivity index (χ2n) is 0. The van der Waals surface area contributed by atoms with Crippen LogP contribution in [0, 0.1) is 0 Å². The van der Waals surface area contributed by atoms with Gasteiger partial charge in [0, 0.05) is 0 Å². The number of hydrogen-bond donors (Lipinski definition) is 0. The molecule has 0 saturated carbocycles. The molecule has 0 unspecified atom stereocenters. The number of rotatable bonds is 0. The van der Waals surface area contributed by atoms with Crippen molar-refractivity contribution >= 4 is 40.4 Å². The van der Waals surface area contributed by atoms with Gasteiger partial charge in [0.25, 0.3) is 0 Å². The standard InChI is InChI=1S/Al.Li.Mg.Na.O/q+3;+1;+2;+1;-2. The predicted molar refractivity (Wildman–Crippen MR) is 12.2 cm³/mol. The summed E-state index contributed by atoms with van der Waals surface area (Å²) in [6, 6.07) is 0. The Bertz CT molecular complexity index is 11.6. The molecule has 1 nitrogen and oxygen atoms in total. The smallest absolute Gasteiger partial charge is 2.00 e. The summed E-state index contributed by atoms with van der Waals surface area (Å²) in [4.78, 5) is 0. The van der Waals surface area contributed by atoms with Crippen molar-refractivity contribution in [3.05, 3.63) is 0 Å². The van der Waals surface area contributed by atoms with E-state index >= 15 is 0 Å². The minimum absolute atomic E-state index is 0. The Morgan fingerprint density at radius 1 is 1.00 bits per heavy atom. The van der Waals surface area contributed by atoms with Crippen molar-refractivity contribution in [3.8, 4) is 0 Å². The molecular formula is AlLiMgNaO+5. The van der Waals surface area contributed by atoms with Gasteiger partial charge >= 0.3 is 88.8 Å². The van der Waals surface area contributed by atoms with Crippen LogP contribution in [-0.2, 0) is 5.48 Å². The third-order valence-electron chi connectivity index (χ3n) is 0. The van der Waals surface area contributed by atoms with Crippen molar-refractivity contribution in [3.63, 3.8) is 0 Å². The molecular weight excluding hydrogens is 97.2 g/mol. The Morgan fingerprint density at radius 2 is 1.00 bits per heavy atom. The molecule has 0 saturated heterocycles. The third-order valence-corrected chi connectivity index (χ3v) is 0. The van der Waals surface area contributed by atoms with Crippen molar-refractivity contribution in [2.75, 3.05) is 0 Å². The summed E-state index contributed by atoms with van der Waals surface area (Å²) in [6.45, 7) is 0. The molecule has 0 bridgehead atoms. The summed E-state index contributed by atoms with van der Waals surface area (Å²) in [5.74, 6) is 0. The molecule has 0 heterocycles. The second kappa shape index (κ2) is 28.8. The second-order valence-corrected chi connectivity index (χ2v) is 0. The largest absolute Gasteiger partial charge is 3.00 e. The molecule has 0 aliphatic heterocycles. The molecule has 0 aliphatic carbocycles. The van der Waals surface area contributed by atoms with Crippen molar-refractivity contribution in [2.45, 2.75) is 0 Å². The predicted octanol–water partition coefficient (Wildman–Crippen LogP) is -6.87. The first-order valence-electron chi connectivity index (χ1n) is 0. The monoisotopic (exact) mass is 97.0 g/mol. The van der Waals surface area contributed by atoms with E-state index in [1.54, 1.807) is 0 Å². The fraction of sp³-hybridized carbons (Fsp3) is 0. The van der Waals surface area contributed by atoms with E-state index in [9.17, 15) is 0 Å². The first-order valence-corrected chi connectivity index (χ1v) is 0. The maximum Gasteiger partial charge on any atom is 3.00 e. The van der Waals surface area contributed by atoms with Gasteiger partial charge in [-0.15, -0.1) is 0 Å². The summed E-state index contributed by atoms with van der Waals surface area (Å²) >= 11 is 0. The van der Waals surface area contributed by atoms with Crippen molar-refractivity contribution in [2.24, 2.45) is 0 Å². The molecule has 0 aromatic heterocycles. The number of hydrogen-bond acceptors (Lipinski definition) is 0. The van der Waals surface area contributed by atoms with Crippen molar-refractivity contribution < 1.29 is 53.9 Å². The summed E-state index contributed by atoms with van der Waals surface area (Å²) in [6.07, 6.45) is 0. The molecule has 0 aliphatic rings. The van der Waals surface area contributed by atoms with Crippen LogP contribution in [0.15, 0.2) is 0 Å². The minimum atomic E-state index is 0.